The molecule has 0 radical (unpaired) electrons. The summed E-state index contributed by atoms with van der Waals surface area (Å²) >= 11 is 0. The fraction of sp³-hybridized carbons (Fsp3) is 0.885. The maximum Gasteiger partial charge on any atom is 0.306 e. The number of hydrogen-bond donors (Lipinski definition) is 0. The van der Waals surface area contributed by atoms with Crippen LogP contribution in [0.2, 0.25) is 0 Å². The second-order valence-electron chi connectivity index (χ2n) is 20.3. The molecule has 6 heteroatoms. The zero-order valence-electron chi connectivity index (χ0n) is 45.2. The Balaban J connectivity index is 4.33. The molecular weight excluding hydrogens is 829 g/mol. The molecule has 0 amide bonds. The topological polar surface area (TPSA) is 78.9 Å². The van der Waals surface area contributed by atoms with Crippen LogP contribution in [-0.2, 0) is 28.6 Å². The number of ether oxygens (including phenoxy) is 3. The summed E-state index contributed by atoms with van der Waals surface area (Å²) in [6.45, 7) is 6.67. The summed E-state index contributed by atoms with van der Waals surface area (Å²) in [7, 11) is 0. The van der Waals surface area contributed by atoms with Gasteiger partial charge in [0.2, 0.25) is 0 Å². The van der Waals surface area contributed by atoms with Crippen LogP contribution in [0, 0.1) is 0 Å². The predicted octanol–water partition coefficient (Wildman–Crippen LogP) is 19.9. The van der Waals surface area contributed by atoms with Crippen molar-refractivity contribution in [2.45, 2.75) is 335 Å². The van der Waals surface area contributed by atoms with Crippen molar-refractivity contribution >= 4 is 17.9 Å². The molecule has 0 aliphatic heterocycles. The fourth-order valence-electron chi connectivity index (χ4n) is 8.95. The van der Waals surface area contributed by atoms with Crippen LogP contribution < -0.4 is 0 Å². The third-order valence-corrected chi connectivity index (χ3v) is 13.5. The minimum atomic E-state index is -0.769. The summed E-state index contributed by atoms with van der Waals surface area (Å²) in [4.78, 5) is 38.2. The predicted molar refractivity (Wildman–Crippen MR) is 289 cm³/mol. The van der Waals surface area contributed by atoms with E-state index in [1.54, 1.807) is 0 Å². The lowest BCUT2D eigenvalue weighted by Gasteiger charge is -2.18. The van der Waals surface area contributed by atoms with Crippen molar-refractivity contribution in [1.82, 2.24) is 0 Å². The third kappa shape index (κ3) is 54.7. The second kappa shape index (κ2) is 56.5. The average Bonchev–Trinajstić information content (AvgIpc) is 3.33. The van der Waals surface area contributed by atoms with Crippen molar-refractivity contribution in [2.24, 2.45) is 0 Å². The van der Waals surface area contributed by atoms with E-state index in [1.165, 1.54) is 218 Å². The van der Waals surface area contributed by atoms with E-state index < -0.39 is 6.10 Å². The normalized spacial score (nSPS) is 12.1. The molecule has 0 aliphatic carbocycles. The van der Waals surface area contributed by atoms with E-state index >= 15 is 0 Å². The van der Waals surface area contributed by atoms with Gasteiger partial charge < -0.3 is 14.2 Å². The van der Waals surface area contributed by atoms with Gasteiger partial charge in [-0.05, 0) is 51.4 Å². The minimum absolute atomic E-state index is 0.0679. The van der Waals surface area contributed by atoms with Crippen LogP contribution in [0.1, 0.15) is 329 Å². The van der Waals surface area contributed by atoms with Gasteiger partial charge in [-0.25, -0.2) is 0 Å². The van der Waals surface area contributed by atoms with Crippen LogP contribution in [0.3, 0.4) is 0 Å². The van der Waals surface area contributed by atoms with E-state index in [-0.39, 0.29) is 31.1 Å². The van der Waals surface area contributed by atoms with E-state index in [1.807, 2.05) is 0 Å². The van der Waals surface area contributed by atoms with Gasteiger partial charge in [-0.2, -0.15) is 0 Å². The van der Waals surface area contributed by atoms with Crippen LogP contribution in [0.4, 0.5) is 0 Å². The van der Waals surface area contributed by atoms with Crippen molar-refractivity contribution < 1.29 is 28.6 Å². The van der Waals surface area contributed by atoms with Gasteiger partial charge in [0.1, 0.15) is 13.2 Å². The number of hydrogen-bond acceptors (Lipinski definition) is 6. The number of allylic oxidation sites excluding steroid dienone is 4. The van der Waals surface area contributed by atoms with Gasteiger partial charge in [-0.3, -0.25) is 14.4 Å². The Morgan fingerprint density at radius 3 is 0.836 bits per heavy atom. The van der Waals surface area contributed by atoms with Crippen molar-refractivity contribution in [2.75, 3.05) is 13.2 Å². The Hall–Kier alpha value is -2.11. The summed E-state index contributed by atoms with van der Waals surface area (Å²) in [5.74, 6) is -0.852. The maximum absolute atomic E-state index is 12.9. The smallest absolute Gasteiger partial charge is 0.306 e. The summed E-state index contributed by atoms with van der Waals surface area (Å²) in [5, 5.41) is 0. The quantitative estimate of drug-likeness (QED) is 0.0262. The van der Waals surface area contributed by atoms with Gasteiger partial charge in [0.25, 0.3) is 0 Å². The molecule has 0 aliphatic rings. The highest BCUT2D eigenvalue weighted by Crippen LogP contribution is 2.17. The van der Waals surface area contributed by atoms with Crippen LogP contribution in [0.25, 0.3) is 0 Å². The lowest BCUT2D eigenvalue weighted by Crippen LogP contribution is -2.30. The van der Waals surface area contributed by atoms with Gasteiger partial charge in [-0.1, -0.05) is 283 Å². The molecule has 1 atom stereocenters. The zero-order valence-corrected chi connectivity index (χ0v) is 45.2. The van der Waals surface area contributed by atoms with E-state index in [0.717, 1.165) is 70.6 Å². The van der Waals surface area contributed by atoms with Gasteiger partial charge in [0.05, 0.1) is 0 Å². The van der Waals surface area contributed by atoms with Crippen molar-refractivity contribution in [3.8, 4) is 0 Å². The average molecular weight is 944 g/mol. The molecule has 0 N–H and O–H groups in total. The molecule has 0 spiro atoms. The lowest BCUT2D eigenvalue weighted by atomic mass is 10.0. The zero-order chi connectivity index (χ0) is 48.6. The molecule has 394 valence electrons. The summed E-state index contributed by atoms with van der Waals surface area (Å²) in [6, 6.07) is 0. The third-order valence-electron chi connectivity index (χ3n) is 13.5. The molecule has 0 aromatic heterocycles. The molecule has 67 heavy (non-hydrogen) atoms. The fourth-order valence-corrected chi connectivity index (χ4v) is 8.95. The van der Waals surface area contributed by atoms with Gasteiger partial charge in [0, 0.05) is 19.3 Å². The first-order valence-corrected chi connectivity index (χ1v) is 29.8. The monoisotopic (exact) mass is 943 g/mol. The van der Waals surface area contributed by atoms with Gasteiger partial charge >= 0.3 is 17.9 Å². The van der Waals surface area contributed by atoms with Gasteiger partial charge in [0.15, 0.2) is 6.10 Å². The van der Waals surface area contributed by atoms with Crippen molar-refractivity contribution in [3.63, 3.8) is 0 Å². The second-order valence-corrected chi connectivity index (χ2v) is 20.3. The van der Waals surface area contributed by atoms with Crippen LogP contribution in [0.5, 0.6) is 0 Å². The number of unbranched alkanes of at least 4 members (excludes halogenated alkanes) is 40. The molecule has 0 saturated carbocycles. The molecule has 0 fully saturated rings. The van der Waals surface area contributed by atoms with E-state index in [9.17, 15) is 14.4 Å². The molecule has 0 bridgehead atoms. The lowest BCUT2D eigenvalue weighted by molar-refractivity contribution is -0.167. The highest BCUT2D eigenvalue weighted by molar-refractivity contribution is 5.71. The Labute approximate surface area is 417 Å². The number of carbonyl (C=O) groups is 3. The van der Waals surface area contributed by atoms with E-state index in [4.69, 9.17) is 14.2 Å². The van der Waals surface area contributed by atoms with Crippen molar-refractivity contribution in [1.29, 1.82) is 0 Å². The van der Waals surface area contributed by atoms with Crippen LogP contribution in [-0.4, -0.2) is 37.2 Å². The van der Waals surface area contributed by atoms with Crippen LogP contribution >= 0.6 is 0 Å². The molecule has 0 aromatic rings. The first kappa shape index (κ1) is 64.9. The first-order valence-electron chi connectivity index (χ1n) is 29.8. The molecule has 1 unspecified atom stereocenters. The first-order chi connectivity index (χ1) is 33.0. The minimum Gasteiger partial charge on any atom is -0.462 e. The SMILES string of the molecule is CCCCCC/C=C\C/C=C\CCCCCCCCCC(=O)OCC(COC(=O)CCCCCCCCCCCCCCCCC)OC(=O)CCCCCCCCCCCCCCCCCC. The molecule has 0 heterocycles. The highest BCUT2D eigenvalue weighted by Gasteiger charge is 2.19. The number of carbonyl (C=O) groups excluding carboxylic acids is 3. The molecule has 0 aromatic carbocycles. The summed E-state index contributed by atoms with van der Waals surface area (Å²) < 4.78 is 16.9. The number of rotatable bonds is 55. The van der Waals surface area contributed by atoms with Crippen LogP contribution in [0.15, 0.2) is 24.3 Å². The molecule has 0 rings (SSSR count). The number of esters is 3. The Morgan fingerprint density at radius 1 is 0.299 bits per heavy atom. The van der Waals surface area contributed by atoms with Crippen molar-refractivity contribution in [3.05, 3.63) is 24.3 Å². The Kier molecular flexibility index (Phi) is 54.7. The highest BCUT2D eigenvalue weighted by atomic mass is 16.6. The summed E-state index contributed by atoms with van der Waals surface area (Å²) in [6.07, 6.45) is 65.9. The Morgan fingerprint density at radius 2 is 0.537 bits per heavy atom. The van der Waals surface area contributed by atoms with Gasteiger partial charge in [-0.15, -0.1) is 0 Å². The molecule has 0 saturated heterocycles. The Bertz CT molecular complexity index is 1080. The van der Waals surface area contributed by atoms with E-state index in [2.05, 4.69) is 45.1 Å². The largest absolute Gasteiger partial charge is 0.462 e. The molecular formula is C61H114O6. The standard InChI is InChI=1S/C61H114O6/c1-4-7-10-13-16-19-22-25-28-30-31-34-36-39-42-45-48-51-54-60(63)66-57-58(56-65-59(62)53-50-47-44-41-38-35-32-27-24-21-18-15-12-9-6-3)67-61(64)55-52-49-46-43-40-37-33-29-26-23-20-17-14-11-8-5-2/h19,22,28,30,58H,4-18,20-21,23-27,29,31-57H2,1-3H3/b22-19-,30-28-. The maximum atomic E-state index is 12.9. The van der Waals surface area contributed by atoms with E-state index in [0.29, 0.717) is 19.3 Å². The summed E-state index contributed by atoms with van der Waals surface area (Å²) in [5.41, 5.74) is 0. The molecule has 6 nitrogen and oxygen atoms in total.